The predicted octanol–water partition coefficient (Wildman–Crippen LogP) is 1.58. The van der Waals surface area contributed by atoms with Crippen molar-refractivity contribution in [2.45, 2.75) is 37.5 Å². The van der Waals surface area contributed by atoms with E-state index in [9.17, 15) is 26.7 Å². The Morgan fingerprint density at radius 2 is 2.07 bits per heavy atom. The van der Waals surface area contributed by atoms with Crippen LogP contribution in [0.4, 0.5) is 27.8 Å². The minimum absolute atomic E-state index is 0.0580. The first-order valence-corrected chi connectivity index (χ1v) is 8.52. The van der Waals surface area contributed by atoms with Crippen LogP contribution in [-0.4, -0.2) is 59.2 Å². The molecule has 2 atom stereocenters. The van der Waals surface area contributed by atoms with Crippen LogP contribution < -0.4 is 21.5 Å². The summed E-state index contributed by atoms with van der Waals surface area (Å²) in [4.78, 5) is 12.1. The molecule has 14 heteroatoms. The van der Waals surface area contributed by atoms with Gasteiger partial charge in [-0.1, -0.05) is 0 Å². The number of carbonyl (C=O) groups excluding carboxylic acids is 1. The lowest BCUT2D eigenvalue weighted by molar-refractivity contribution is -0.301. The first kappa shape index (κ1) is 22.1. The Morgan fingerprint density at radius 3 is 2.68 bits per heavy atom. The van der Waals surface area contributed by atoms with Gasteiger partial charge in [-0.25, -0.2) is 4.68 Å². The molecule has 0 radical (unpaired) electrons. The third-order valence-corrected chi connectivity index (χ3v) is 4.16. The minimum Gasteiger partial charge on any atom is -0.383 e. The van der Waals surface area contributed by atoms with E-state index in [4.69, 9.17) is 17.0 Å². The SMILES string of the molecule is COCCNC(=S)NNC(=O)c1cc2n(n1)[C@@H](C(F)(F)C(F)(F)F)C[C@@H](C)N2. The Bertz CT molecular complexity index is 726. The third-order valence-electron chi connectivity index (χ3n) is 3.91. The normalized spacial score (nSPS) is 19.4. The number of hydrogen-bond donors (Lipinski definition) is 4. The molecular weight excluding hydrogens is 411 g/mol. The van der Waals surface area contributed by atoms with E-state index >= 15 is 0 Å². The summed E-state index contributed by atoms with van der Waals surface area (Å²) in [6, 6.07) is -1.85. The molecule has 4 N–H and O–H groups in total. The molecule has 0 spiro atoms. The Balaban J connectivity index is 2.13. The molecule has 8 nitrogen and oxygen atoms in total. The van der Waals surface area contributed by atoms with Gasteiger partial charge in [0, 0.05) is 25.8 Å². The Hall–Kier alpha value is -2.22. The molecule has 1 aliphatic rings. The van der Waals surface area contributed by atoms with Gasteiger partial charge in [0.2, 0.25) is 0 Å². The van der Waals surface area contributed by atoms with Crippen molar-refractivity contribution in [3.63, 3.8) is 0 Å². The fraction of sp³-hybridized carbons (Fsp3) is 0.643. The van der Waals surface area contributed by atoms with Crippen molar-refractivity contribution < 1.29 is 31.5 Å². The number of ether oxygens (including phenoxy) is 1. The summed E-state index contributed by atoms with van der Waals surface area (Å²) in [5.74, 6) is -5.98. The van der Waals surface area contributed by atoms with Crippen LogP contribution in [0, 0.1) is 0 Å². The van der Waals surface area contributed by atoms with E-state index in [-0.39, 0.29) is 16.6 Å². The summed E-state index contributed by atoms with van der Waals surface area (Å²) in [5.41, 5.74) is 4.19. The molecular formula is C14H19F5N6O2S. The van der Waals surface area contributed by atoms with Crippen molar-refractivity contribution in [2.24, 2.45) is 0 Å². The van der Waals surface area contributed by atoms with E-state index in [2.05, 4.69) is 26.6 Å². The maximum Gasteiger partial charge on any atom is 0.455 e. The lowest BCUT2D eigenvalue weighted by atomic mass is 9.99. The standard InChI is InChI=1S/C14H19F5N6O2S/c1-7-5-9(13(15,16)14(17,18)19)25-10(21-7)6-8(24-25)11(26)22-23-12(28)20-3-4-27-2/h6-7,9,21H,3-5H2,1-2H3,(H,22,26)(H2,20,23,28)/t7-,9-/m1/s1. The number of thiocarbonyl (C=S) groups is 1. The quantitative estimate of drug-likeness (QED) is 0.244. The summed E-state index contributed by atoms with van der Waals surface area (Å²) < 4.78 is 71.6. The molecule has 1 aromatic heterocycles. The van der Waals surface area contributed by atoms with Gasteiger partial charge in [0.25, 0.3) is 5.91 Å². The zero-order valence-electron chi connectivity index (χ0n) is 14.9. The van der Waals surface area contributed by atoms with E-state index in [0.29, 0.717) is 17.8 Å². The fourth-order valence-electron chi connectivity index (χ4n) is 2.58. The van der Waals surface area contributed by atoms with E-state index in [1.54, 1.807) is 0 Å². The van der Waals surface area contributed by atoms with Gasteiger partial charge >= 0.3 is 12.1 Å². The van der Waals surface area contributed by atoms with E-state index < -0.39 is 36.5 Å². The van der Waals surface area contributed by atoms with Crippen molar-refractivity contribution in [2.75, 3.05) is 25.6 Å². The highest BCUT2D eigenvalue weighted by Gasteiger charge is 2.64. The van der Waals surface area contributed by atoms with Gasteiger partial charge in [-0.05, 0) is 25.6 Å². The molecule has 0 saturated carbocycles. The second-order valence-electron chi connectivity index (χ2n) is 6.10. The molecule has 1 aliphatic heterocycles. The highest BCUT2D eigenvalue weighted by atomic mass is 32.1. The number of amides is 1. The van der Waals surface area contributed by atoms with Gasteiger partial charge in [0.15, 0.2) is 10.8 Å². The topological polar surface area (TPSA) is 92.2 Å². The van der Waals surface area contributed by atoms with Crippen LogP contribution in [0.15, 0.2) is 6.07 Å². The van der Waals surface area contributed by atoms with Crippen molar-refractivity contribution in [1.82, 2.24) is 25.9 Å². The fourth-order valence-corrected chi connectivity index (χ4v) is 2.73. The number of hydrazine groups is 1. The number of methoxy groups -OCH3 is 1. The molecule has 28 heavy (non-hydrogen) atoms. The zero-order chi connectivity index (χ0) is 21.1. The van der Waals surface area contributed by atoms with Crippen LogP contribution in [0.2, 0.25) is 0 Å². The van der Waals surface area contributed by atoms with Crippen LogP contribution in [0.5, 0.6) is 0 Å². The molecule has 1 amide bonds. The number of nitrogens with zero attached hydrogens (tertiary/aromatic N) is 2. The predicted molar refractivity (Wildman–Crippen MR) is 93.0 cm³/mol. The number of rotatable bonds is 5. The Labute approximate surface area is 162 Å². The summed E-state index contributed by atoms with van der Waals surface area (Å²) in [6.45, 7) is 2.19. The van der Waals surface area contributed by atoms with Crippen molar-refractivity contribution in [1.29, 1.82) is 0 Å². The van der Waals surface area contributed by atoms with Gasteiger partial charge in [0.1, 0.15) is 11.9 Å². The van der Waals surface area contributed by atoms with Gasteiger partial charge in [-0.2, -0.15) is 27.1 Å². The molecule has 0 saturated heterocycles. The van der Waals surface area contributed by atoms with Crippen LogP contribution in [0.3, 0.4) is 0 Å². The first-order valence-electron chi connectivity index (χ1n) is 8.11. The summed E-state index contributed by atoms with van der Waals surface area (Å²) in [5, 5.41) is 9.14. The molecule has 0 fully saturated rings. The van der Waals surface area contributed by atoms with Crippen LogP contribution >= 0.6 is 12.2 Å². The summed E-state index contributed by atoms with van der Waals surface area (Å²) in [7, 11) is 1.49. The maximum atomic E-state index is 13.9. The molecule has 2 heterocycles. The van der Waals surface area contributed by atoms with Gasteiger partial charge in [-0.3, -0.25) is 15.6 Å². The number of nitrogens with one attached hydrogen (secondary N) is 4. The molecule has 0 aromatic carbocycles. The summed E-state index contributed by atoms with van der Waals surface area (Å²) in [6.07, 6.45) is -6.27. The van der Waals surface area contributed by atoms with E-state index in [1.165, 1.54) is 14.0 Å². The average Bonchev–Trinajstić information content (AvgIpc) is 3.01. The molecule has 158 valence electrons. The Kier molecular flexibility index (Phi) is 6.64. The number of hydrogen-bond acceptors (Lipinski definition) is 5. The molecule has 0 aliphatic carbocycles. The maximum absolute atomic E-state index is 13.9. The van der Waals surface area contributed by atoms with Gasteiger partial charge in [0.05, 0.1) is 6.61 Å². The molecule has 0 bridgehead atoms. The number of aromatic nitrogens is 2. The number of halogens is 5. The van der Waals surface area contributed by atoms with Crippen LogP contribution in [-0.2, 0) is 4.74 Å². The first-order chi connectivity index (χ1) is 13.0. The monoisotopic (exact) mass is 430 g/mol. The second kappa shape index (κ2) is 8.43. The number of anilines is 1. The lowest BCUT2D eigenvalue weighted by Crippen LogP contribution is -2.49. The van der Waals surface area contributed by atoms with Gasteiger partial charge in [-0.15, -0.1) is 0 Å². The number of alkyl halides is 5. The minimum atomic E-state index is -5.75. The van der Waals surface area contributed by atoms with Crippen LogP contribution in [0.25, 0.3) is 0 Å². The molecule has 0 unspecified atom stereocenters. The van der Waals surface area contributed by atoms with Crippen molar-refractivity contribution in [3.8, 4) is 0 Å². The largest absolute Gasteiger partial charge is 0.455 e. The number of carbonyl (C=O) groups is 1. The van der Waals surface area contributed by atoms with E-state index in [0.717, 1.165) is 6.07 Å². The third kappa shape index (κ3) is 4.79. The highest BCUT2D eigenvalue weighted by molar-refractivity contribution is 7.80. The van der Waals surface area contributed by atoms with E-state index in [1.807, 2.05) is 0 Å². The molecule has 1 aromatic rings. The highest BCUT2D eigenvalue weighted by Crippen LogP contribution is 2.47. The van der Waals surface area contributed by atoms with Crippen LogP contribution in [0.1, 0.15) is 29.9 Å². The second-order valence-corrected chi connectivity index (χ2v) is 6.51. The number of fused-ring (bicyclic) bond motifs is 1. The smallest absolute Gasteiger partial charge is 0.383 e. The lowest BCUT2D eigenvalue weighted by Gasteiger charge is -2.35. The average molecular weight is 430 g/mol. The van der Waals surface area contributed by atoms with Crippen molar-refractivity contribution in [3.05, 3.63) is 11.8 Å². The van der Waals surface area contributed by atoms with Crippen molar-refractivity contribution >= 4 is 29.1 Å². The zero-order valence-corrected chi connectivity index (χ0v) is 15.7. The Morgan fingerprint density at radius 1 is 1.39 bits per heavy atom. The van der Waals surface area contributed by atoms with Gasteiger partial charge < -0.3 is 15.4 Å². The summed E-state index contributed by atoms with van der Waals surface area (Å²) >= 11 is 4.89. The molecule has 2 rings (SSSR count).